The average Bonchev–Trinajstić information content (AvgIpc) is 2.20. The molecule has 0 unspecified atom stereocenters. The quantitative estimate of drug-likeness (QED) is 0.404. The Morgan fingerprint density at radius 2 is 1.19 bits per heavy atom. The summed E-state index contributed by atoms with van der Waals surface area (Å²) < 4.78 is 9.21. The lowest BCUT2D eigenvalue weighted by molar-refractivity contribution is -0.140. The summed E-state index contributed by atoms with van der Waals surface area (Å²) in [4.78, 5) is 20.7. The molecule has 0 aliphatic carbocycles. The van der Waals surface area contributed by atoms with Gasteiger partial charge in [0.2, 0.25) is 0 Å². The van der Waals surface area contributed by atoms with Gasteiger partial charge in [-0.15, -0.1) is 0 Å². The van der Waals surface area contributed by atoms with Crippen LogP contribution < -0.4 is 0 Å². The lowest BCUT2D eigenvalue weighted by Crippen LogP contribution is -1.97. The van der Waals surface area contributed by atoms with E-state index in [2.05, 4.69) is 33.2 Å². The summed E-state index contributed by atoms with van der Waals surface area (Å²) in [6, 6.07) is 0. The number of hydrogen-bond acceptors (Lipinski definition) is 4. The molecule has 0 bridgehead atoms. The van der Waals surface area contributed by atoms with E-state index in [9.17, 15) is 9.59 Å². The van der Waals surface area contributed by atoms with Gasteiger partial charge in [0.15, 0.2) is 13.2 Å². The summed E-state index contributed by atoms with van der Waals surface area (Å²) in [5.74, 6) is 10.3. The smallest absolute Gasteiger partial charge is 0.303 e. The van der Waals surface area contributed by atoms with Gasteiger partial charge in [-0.1, -0.05) is 23.7 Å². The Bertz CT molecular complexity index is 313. The number of unbranched alkanes of at least 4 members (excludes halogenated alkanes) is 1. The van der Waals surface area contributed by atoms with Crippen molar-refractivity contribution in [1.29, 1.82) is 0 Å². The van der Waals surface area contributed by atoms with Crippen molar-refractivity contribution in [3.05, 3.63) is 0 Å². The zero-order chi connectivity index (χ0) is 12.2. The number of rotatable bonds is 3. The molecule has 0 amide bonds. The van der Waals surface area contributed by atoms with Crippen molar-refractivity contribution in [3.63, 3.8) is 0 Å². The molecule has 86 valence electrons. The van der Waals surface area contributed by atoms with E-state index in [1.807, 2.05) is 0 Å². The van der Waals surface area contributed by atoms with E-state index < -0.39 is 0 Å². The van der Waals surface area contributed by atoms with E-state index in [4.69, 9.17) is 0 Å². The summed E-state index contributed by atoms with van der Waals surface area (Å²) in [5.41, 5.74) is 0. The van der Waals surface area contributed by atoms with E-state index in [1.165, 1.54) is 13.8 Å². The molecule has 0 aromatic carbocycles. The fraction of sp³-hybridized carbons (Fsp3) is 0.500. The van der Waals surface area contributed by atoms with Gasteiger partial charge < -0.3 is 9.47 Å². The van der Waals surface area contributed by atoms with Gasteiger partial charge in [0.1, 0.15) is 0 Å². The summed E-state index contributed by atoms with van der Waals surface area (Å²) in [5, 5.41) is 0. The first-order chi connectivity index (χ1) is 7.63. The third kappa shape index (κ3) is 12.1. The number of ether oxygens (including phenoxy) is 2. The molecule has 0 aliphatic heterocycles. The third-order valence-electron chi connectivity index (χ3n) is 1.32. The minimum Gasteiger partial charge on any atom is -0.453 e. The lowest BCUT2D eigenvalue weighted by Gasteiger charge is -1.91. The van der Waals surface area contributed by atoms with E-state index in [1.54, 1.807) is 0 Å². The molecule has 0 fully saturated rings. The van der Waals surface area contributed by atoms with Gasteiger partial charge in [0.05, 0.1) is 0 Å². The van der Waals surface area contributed by atoms with Crippen LogP contribution in [0, 0.1) is 23.7 Å². The molecule has 0 spiro atoms. The van der Waals surface area contributed by atoms with Crippen LogP contribution in [0.25, 0.3) is 0 Å². The molecule has 0 rings (SSSR count). The Morgan fingerprint density at radius 1 is 0.812 bits per heavy atom. The third-order valence-corrected chi connectivity index (χ3v) is 1.32. The average molecular weight is 222 g/mol. The number of carbonyl (C=O) groups is 2. The first kappa shape index (κ1) is 14.1. The summed E-state index contributed by atoms with van der Waals surface area (Å²) in [6.07, 6.45) is 1.21. The van der Waals surface area contributed by atoms with E-state index in [0.717, 1.165) is 0 Å². The molecule has 0 aromatic rings. The van der Waals surface area contributed by atoms with Gasteiger partial charge in [0.25, 0.3) is 0 Å². The molecule has 0 aliphatic rings. The van der Waals surface area contributed by atoms with Crippen LogP contribution in [0.1, 0.15) is 26.7 Å². The number of hydrogen-bond donors (Lipinski definition) is 0. The Morgan fingerprint density at radius 3 is 1.50 bits per heavy atom. The zero-order valence-corrected chi connectivity index (χ0v) is 9.46. The van der Waals surface area contributed by atoms with E-state index >= 15 is 0 Å². The molecule has 0 saturated heterocycles. The second-order valence-corrected chi connectivity index (χ2v) is 2.77. The highest BCUT2D eigenvalue weighted by atomic mass is 16.5. The van der Waals surface area contributed by atoms with Crippen LogP contribution in [0.4, 0.5) is 0 Å². The van der Waals surface area contributed by atoms with Gasteiger partial charge >= 0.3 is 11.9 Å². The zero-order valence-electron chi connectivity index (χ0n) is 9.46. The molecule has 4 heteroatoms. The number of carbonyl (C=O) groups excluding carboxylic acids is 2. The van der Waals surface area contributed by atoms with Crippen molar-refractivity contribution in [2.24, 2.45) is 0 Å². The van der Waals surface area contributed by atoms with Gasteiger partial charge in [-0.25, -0.2) is 0 Å². The first-order valence-electron chi connectivity index (χ1n) is 4.81. The van der Waals surface area contributed by atoms with Crippen LogP contribution in [0.5, 0.6) is 0 Å². The molecule has 0 saturated carbocycles. The van der Waals surface area contributed by atoms with Crippen LogP contribution in [0.2, 0.25) is 0 Å². The highest BCUT2D eigenvalue weighted by Crippen LogP contribution is 1.83. The molecule has 0 radical (unpaired) electrons. The minimum absolute atomic E-state index is 0.121. The topological polar surface area (TPSA) is 52.6 Å². The van der Waals surface area contributed by atoms with Crippen LogP contribution in [0.3, 0.4) is 0 Å². The summed E-state index contributed by atoms with van der Waals surface area (Å²) in [7, 11) is 0. The standard InChI is InChI=1S/C12H14O4/c1-11(13)15-9-7-5-3-4-6-8-10-16-12(2)14/h3-4,9-10H2,1-2H3. The van der Waals surface area contributed by atoms with Crippen LogP contribution in [-0.4, -0.2) is 25.2 Å². The highest BCUT2D eigenvalue weighted by Gasteiger charge is 1.86. The maximum Gasteiger partial charge on any atom is 0.303 e. The Hall–Kier alpha value is -1.94. The molecule has 0 aromatic heterocycles. The van der Waals surface area contributed by atoms with Crippen molar-refractivity contribution in [2.45, 2.75) is 26.7 Å². The van der Waals surface area contributed by atoms with Crippen LogP contribution in [0.15, 0.2) is 0 Å². The van der Waals surface area contributed by atoms with Crippen molar-refractivity contribution in [2.75, 3.05) is 13.2 Å². The highest BCUT2D eigenvalue weighted by molar-refractivity contribution is 5.66. The monoisotopic (exact) mass is 222 g/mol. The fourth-order valence-electron chi connectivity index (χ4n) is 0.679. The SMILES string of the molecule is CC(=O)OCC#CCCC#CCOC(C)=O. The van der Waals surface area contributed by atoms with Crippen LogP contribution in [-0.2, 0) is 19.1 Å². The molecule has 0 heterocycles. The van der Waals surface area contributed by atoms with Crippen molar-refractivity contribution in [3.8, 4) is 23.7 Å². The molecule has 4 nitrogen and oxygen atoms in total. The Kier molecular flexibility index (Phi) is 8.44. The molecular weight excluding hydrogens is 208 g/mol. The molecular formula is C12H14O4. The van der Waals surface area contributed by atoms with Gasteiger partial charge in [-0.2, -0.15) is 0 Å². The fourth-order valence-corrected chi connectivity index (χ4v) is 0.679. The Labute approximate surface area is 95.3 Å². The largest absolute Gasteiger partial charge is 0.453 e. The van der Waals surface area contributed by atoms with Crippen molar-refractivity contribution >= 4 is 11.9 Å². The predicted molar refractivity (Wildman–Crippen MR) is 58.1 cm³/mol. The molecule has 0 N–H and O–H groups in total. The second kappa shape index (κ2) is 9.61. The van der Waals surface area contributed by atoms with E-state index in [0.29, 0.717) is 12.8 Å². The molecule has 16 heavy (non-hydrogen) atoms. The first-order valence-corrected chi connectivity index (χ1v) is 4.81. The predicted octanol–water partition coefficient (Wildman–Crippen LogP) is 0.900. The second-order valence-electron chi connectivity index (χ2n) is 2.77. The minimum atomic E-state index is -0.338. The Balaban J connectivity index is 3.44. The normalized spacial score (nSPS) is 7.88. The van der Waals surface area contributed by atoms with Crippen LogP contribution >= 0.6 is 0 Å². The van der Waals surface area contributed by atoms with Crippen molar-refractivity contribution < 1.29 is 19.1 Å². The molecule has 0 atom stereocenters. The van der Waals surface area contributed by atoms with E-state index in [-0.39, 0.29) is 25.2 Å². The maximum absolute atomic E-state index is 10.4. The number of esters is 2. The summed E-state index contributed by atoms with van der Waals surface area (Å²) in [6.45, 7) is 2.91. The van der Waals surface area contributed by atoms with Crippen molar-refractivity contribution in [1.82, 2.24) is 0 Å². The van der Waals surface area contributed by atoms with Gasteiger partial charge in [-0.05, 0) is 0 Å². The van der Waals surface area contributed by atoms with Gasteiger partial charge in [0, 0.05) is 26.7 Å². The maximum atomic E-state index is 10.4. The summed E-state index contributed by atoms with van der Waals surface area (Å²) >= 11 is 0. The van der Waals surface area contributed by atoms with Gasteiger partial charge in [-0.3, -0.25) is 9.59 Å². The lowest BCUT2D eigenvalue weighted by atomic mass is 10.3.